The van der Waals surface area contributed by atoms with E-state index >= 15 is 0 Å². The minimum absolute atomic E-state index is 0.327. The van der Waals surface area contributed by atoms with Crippen LogP contribution in [0.4, 0.5) is 0 Å². The molecular formula is C10H3Cl3IN3. The Morgan fingerprint density at radius 3 is 2.29 bits per heavy atom. The fraction of sp³-hybridized carbons (Fsp3) is 0. The molecule has 7 heteroatoms. The van der Waals surface area contributed by atoms with Crippen LogP contribution >= 0.6 is 57.4 Å². The van der Waals surface area contributed by atoms with Gasteiger partial charge in [-0.05, 0) is 34.7 Å². The van der Waals surface area contributed by atoms with E-state index in [9.17, 15) is 0 Å². The SMILES string of the molecule is N#Cc1nn(-c2c(Cl)cc(Cl)cc2Cl)cc1I. The quantitative estimate of drug-likeness (QED) is 0.672. The molecule has 0 aliphatic carbocycles. The maximum atomic E-state index is 8.84. The third-order valence-corrected chi connectivity index (χ3v) is 3.57. The summed E-state index contributed by atoms with van der Waals surface area (Å²) >= 11 is 20.0. The fourth-order valence-corrected chi connectivity index (χ4v) is 2.78. The van der Waals surface area contributed by atoms with Crippen molar-refractivity contribution < 1.29 is 0 Å². The van der Waals surface area contributed by atoms with E-state index in [1.807, 2.05) is 28.7 Å². The van der Waals surface area contributed by atoms with Crippen molar-refractivity contribution in [3.63, 3.8) is 0 Å². The number of hydrogen-bond acceptors (Lipinski definition) is 2. The molecule has 2 rings (SSSR count). The lowest BCUT2D eigenvalue weighted by Crippen LogP contribution is -1.97. The predicted octanol–water partition coefficient (Wildman–Crippen LogP) is 4.31. The van der Waals surface area contributed by atoms with Gasteiger partial charge in [0.05, 0.1) is 13.6 Å². The zero-order valence-electron chi connectivity index (χ0n) is 8.09. The summed E-state index contributed by atoms with van der Waals surface area (Å²) in [5, 5.41) is 14.1. The number of aromatic nitrogens is 2. The van der Waals surface area contributed by atoms with Crippen LogP contribution in [0.15, 0.2) is 18.3 Å². The maximum Gasteiger partial charge on any atom is 0.176 e. The summed E-state index contributed by atoms with van der Waals surface area (Å²) in [5.41, 5.74) is 0.838. The zero-order valence-corrected chi connectivity index (χ0v) is 12.5. The largest absolute Gasteiger partial charge is 0.236 e. The van der Waals surface area contributed by atoms with E-state index in [2.05, 4.69) is 5.10 Å². The predicted molar refractivity (Wildman–Crippen MR) is 76.0 cm³/mol. The fourth-order valence-electron chi connectivity index (χ4n) is 1.30. The average Bonchev–Trinajstić information content (AvgIpc) is 2.57. The van der Waals surface area contributed by atoms with E-state index in [-0.39, 0.29) is 0 Å². The summed E-state index contributed by atoms with van der Waals surface area (Å²) in [7, 11) is 0. The second-order valence-corrected chi connectivity index (χ2v) is 5.51. The van der Waals surface area contributed by atoms with Crippen LogP contribution in [0.2, 0.25) is 15.1 Å². The Morgan fingerprint density at radius 2 is 1.82 bits per heavy atom. The lowest BCUT2D eigenvalue weighted by Gasteiger charge is -2.07. The molecule has 0 bridgehead atoms. The van der Waals surface area contributed by atoms with Gasteiger partial charge in [0, 0.05) is 11.2 Å². The molecule has 1 heterocycles. The van der Waals surface area contributed by atoms with Gasteiger partial charge in [-0.1, -0.05) is 34.8 Å². The zero-order chi connectivity index (χ0) is 12.6. The highest BCUT2D eigenvalue weighted by atomic mass is 127. The third-order valence-electron chi connectivity index (χ3n) is 1.99. The van der Waals surface area contributed by atoms with Crippen LogP contribution < -0.4 is 0 Å². The number of hydrogen-bond donors (Lipinski definition) is 0. The Morgan fingerprint density at radius 1 is 1.24 bits per heavy atom. The van der Waals surface area contributed by atoms with Crippen LogP contribution in [0.3, 0.4) is 0 Å². The summed E-state index contributed by atoms with van der Waals surface area (Å²) in [6.07, 6.45) is 1.68. The molecule has 0 unspecified atom stereocenters. The number of nitrogens with zero attached hydrogens (tertiary/aromatic N) is 3. The average molecular weight is 398 g/mol. The molecule has 1 aromatic heterocycles. The molecule has 0 aliphatic heterocycles. The summed E-state index contributed by atoms with van der Waals surface area (Å²) in [4.78, 5) is 0. The van der Waals surface area contributed by atoms with Crippen molar-refractivity contribution in [2.45, 2.75) is 0 Å². The van der Waals surface area contributed by atoms with Crippen molar-refractivity contribution in [2.75, 3.05) is 0 Å². The van der Waals surface area contributed by atoms with Crippen molar-refractivity contribution >= 4 is 57.4 Å². The monoisotopic (exact) mass is 397 g/mol. The molecular weight excluding hydrogens is 395 g/mol. The number of nitriles is 1. The summed E-state index contributed by atoms with van der Waals surface area (Å²) < 4.78 is 2.20. The lowest BCUT2D eigenvalue weighted by molar-refractivity contribution is 0.873. The second kappa shape index (κ2) is 5.02. The maximum absolute atomic E-state index is 8.84. The van der Waals surface area contributed by atoms with E-state index < -0.39 is 0 Å². The molecule has 0 N–H and O–H groups in total. The third kappa shape index (κ3) is 2.52. The first-order valence-electron chi connectivity index (χ1n) is 4.33. The first kappa shape index (κ1) is 13.0. The van der Waals surface area contributed by atoms with Gasteiger partial charge in [-0.15, -0.1) is 0 Å². The highest BCUT2D eigenvalue weighted by molar-refractivity contribution is 14.1. The summed E-state index contributed by atoms with van der Waals surface area (Å²) in [6, 6.07) is 5.13. The topological polar surface area (TPSA) is 41.6 Å². The Kier molecular flexibility index (Phi) is 3.83. The molecule has 0 fully saturated rings. The first-order valence-corrected chi connectivity index (χ1v) is 6.54. The van der Waals surface area contributed by atoms with Crippen molar-refractivity contribution in [1.29, 1.82) is 5.26 Å². The number of rotatable bonds is 1. The summed E-state index contributed by atoms with van der Waals surface area (Å²) in [5.74, 6) is 0. The Labute approximate surface area is 126 Å². The smallest absolute Gasteiger partial charge is 0.176 e. The van der Waals surface area contributed by atoms with Gasteiger partial charge < -0.3 is 0 Å². The molecule has 0 saturated carbocycles. The van der Waals surface area contributed by atoms with Gasteiger partial charge in [-0.2, -0.15) is 10.4 Å². The molecule has 0 spiro atoms. The summed E-state index contributed by atoms with van der Waals surface area (Å²) in [6.45, 7) is 0. The van der Waals surface area contributed by atoms with Crippen molar-refractivity contribution in [2.24, 2.45) is 0 Å². The molecule has 0 atom stereocenters. The van der Waals surface area contributed by atoms with Crippen molar-refractivity contribution in [3.8, 4) is 11.8 Å². The van der Waals surface area contributed by atoms with E-state index in [0.717, 1.165) is 3.57 Å². The van der Waals surface area contributed by atoms with Gasteiger partial charge in [0.25, 0.3) is 0 Å². The van der Waals surface area contributed by atoms with Crippen molar-refractivity contribution in [3.05, 3.63) is 42.7 Å². The van der Waals surface area contributed by atoms with Gasteiger partial charge in [-0.25, -0.2) is 4.68 Å². The molecule has 3 nitrogen and oxygen atoms in total. The van der Waals surface area contributed by atoms with E-state index in [0.29, 0.717) is 26.4 Å². The standard InChI is InChI=1S/C10H3Cl3IN3/c11-5-1-6(12)10(7(13)2-5)17-4-8(14)9(3-15)16-17/h1-2,4H. The van der Waals surface area contributed by atoms with E-state index in [1.54, 1.807) is 18.3 Å². The van der Waals surface area contributed by atoms with Crippen LogP contribution in [0.1, 0.15) is 5.69 Å². The van der Waals surface area contributed by atoms with Gasteiger partial charge in [0.2, 0.25) is 0 Å². The van der Waals surface area contributed by atoms with E-state index in [1.165, 1.54) is 4.68 Å². The van der Waals surface area contributed by atoms with Gasteiger partial charge in [0.1, 0.15) is 11.8 Å². The molecule has 1 aromatic carbocycles. The Hall–Kier alpha value is -0.480. The van der Waals surface area contributed by atoms with Crippen LogP contribution in [0.25, 0.3) is 5.69 Å². The van der Waals surface area contributed by atoms with Gasteiger partial charge in [0.15, 0.2) is 5.69 Å². The molecule has 17 heavy (non-hydrogen) atoms. The second-order valence-electron chi connectivity index (χ2n) is 3.10. The minimum Gasteiger partial charge on any atom is -0.236 e. The molecule has 0 aliphatic rings. The normalized spacial score (nSPS) is 10.3. The first-order chi connectivity index (χ1) is 8.02. The highest BCUT2D eigenvalue weighted by Crippen LogP contribution is 2.32. The van der Waals surface area contributed by atoms with E-state index in [4.69, 9.17) is 40.1 Å². The van der Waals surface area contributed by atoms with Crippen LogP contribution in [-0.2, 0) is 0 Å². The number of benzene rings is 1. The Bertz CT molecular complexity index is 607. The van der Waals surface area contributed by atoms with Gasteiger partial charge >= 0.3 is 0 Å². The molecule has 0 radical (unpaired) electrons. The Balaban J connectivity index is 2.65. The molecule has 0 saturated heterocycles. The highest BCUT2D eigenvalue weighted by Gasteiger charge is 2.13. The van der Waals surface area contributed by atoms with Gasteiger partial charge in [-0.3, -0.25) is 0 Å². The minimum atomic E-state index is 0.327. The molecule has 2 aromatic rings. The van der Waals surface area contributed by atoms with Crippen molar-refractivity contribution in [1.82, 2.24) is 9.78 Å². The lowest BCUT2D eigenvalue weighted by atomic mass is 10.3. The molecule has 0 amide bonds. The number of halogens is 4. The van der Waals surface area contributed by atoms with Crippen LogP contribution in [0, 0.1) is 14.9 Å². The van der Waals surface area contributed by atoms with Crippen LogP contribution in [-0.4, -0.2) is 9.78 Å². The molecule has 86 valence electrons. The van der Waals surface area contributed by atoms with Crippen LogP contribution in [0.5, 0.6) is 0 Å².